The molecule has 2 heterocycles. The third-order valence-corrected chi connectivity index (χ3v) is 3.49. The van der Waals surface area contributed by atoms with E-state index >= 15 is 0 Å². The van der Waals surface area contributed by atoms with Gasteiger partial charge < -0.3 is 5.32 Å². The van der Waals surface area contributed by atoms with Gasteiger partial charge in [0.1, 0.15) is 11.6 Å². The van der Waals surface area contributed by atoms with Crippen LogP contribution < -0.4 is 5.32 Å². The van der Waals surface area contributed by atoms with Crippen molar-refractivity contribution in [1.82, 2.24) is 25.5 Å². The lowest BCUT2D eigenvalue weighted by Crippen LogP contribution is -2.28. The van der Waals surface area contributed by atoms with Crippen LogP contribution in [0.2, 0.25) is 0 Å². The second-order valence-electron chi connectivity index (χ2n) is 5.38. The van der Waals surface area contributed by atoms with E-state index in [1.165, 1.54) is 12.1 Å². The summed E-state index contributed by atoms with van der Waals surface area (Å²) < 4.78 is 12.9. The number of carbonyl (C=O) groups is 1. The predicted octanol–water partition coefficient (Wildman–Crippen LogP) is 2.43. The summed E-state index contributed by atoms with van der Waals surface area (Å²) >= 11 is 0. The molecule has 0 saturated carbocycles. The smallest absolute Gasteiger partial charge is 0.224 e. The van der Waals surface area contributed by atoms with E-state index in [0.717, 1.165) is 11.1 Å². The number of H-pyrrole nitrogens is 1. The van der Waals surface area contributed by atoms with E-state index in [0.29, 0.717) is 11.6 Å². The highest BCUT2D eigenvalue weighted by molar-refractivity contribution is 5.78. The van der Waals surface area contributed by atoms with E-state index in [9.17, 15) is 9.18 Å². The summed E-state index contributed by atoms with van der Waals surface area (Å²) in [5.74, 6) is 0.588. The van der Waals surface area contributed by atoms with Crippen molar-refractivity contribution in [3.05, 3.63) is 66.0 Å². The number of pyridine rings is 1. The van der Waals surface area contributed by atoms with Crippen LogP contribution in [0, 0.1) is 5.82 Å². The van der Waals surface area contributed by atoms with Gasteiger partial charge in [-0.05, 0) is 36.8 Å². The first kappa shape index (κ1) is 15.8. The number of aromatic amines is 1. The molecule has 0 aliphatic rings. The zero-order valence-electron chi connectivity index (χ0n) is 13.0. The molecule has 0 radical (unpaired) electrons. The number of nitrogens with one attached hydrogen (secondary N) is 2. The van der Waals surface area contributed by atoms with Gasteiger partial charge in [0.05, 0.1) is 12.5 Å². The SMILES string of the molecule is CC(NC(=O)Cc1ccc(F)cc1)c1nc(-c2cccnc2)n[nH]1. The van der Waals surface area contributed by atoms with Crippen LogP contribution in [0.3, 0.4) is 0 Å². The molecule has 3 rings (SSSR count). The predicted molar refractivity (Wildman–Crippen MR) is 86.3 cm³/mol. The Bertz CT molecular complexity index is 817. The maximum absolute atomic E-state index is 12.9. The van der Waals surface area contributed by atoms with Gasteiger partial charge in [0.25, 0.3) is 0 Å². The van der Waals surface area contributed by atoms with E-state index in [4.69, 9.17) is 0 Å². The van der Waals surface area contributed by atoms with Gasteiger partial charge in [0.15, 0.2) is 5.82 Å². The Kier molecular flexibility index (Phi) is 4.60. The summed E-state index contributed by atoms with van der Waals surface area (Å²) in [5.41, 5.74) is 1.54. The molecule has 1 unspecified atom stereocenters. The van der Waals surface area contributed by atoms with Crippen LogP contribution in [0.25, 0.3) is 11.4 Å². The van der Waals surface area contributed by atoms with Crippen LogP contribution >= 0.6 is 0 Å². The summed E-state index contributed by atoms with van der Waals surface area (Å²) in [6, 6.07) is 9.20. The van der Waals surface area contributed by atoms with E-state index < -0.39 is 0 Å². The topological polar surface area (TPSA) is 83.6 Å². The van der Waals surface area contributed by atoms with Gasteiger partial charge in [-0.3, -0.25) is 14.9 Å². The first-order valence-corrected chi connectivity index (χ1v) is 7.48. The average Bonchev–Trinajstić information content (AvgIpc) is 3.08. The zero-order valence-corrected chi connectivity index (χ0v) is 13.0. The molecule has 24 heavy (non-hydrogen) atoms. The van der Waals surface area contributed by atoms with Gasteiger partial charge in [-0.1, -0.05) is 12.1 Å². The lowest BCUT2D eigenvalue weighted by atomic mass is 10.1. The molecular formula is C17H16FN5O. The fraction of sp³-hybridized carbons (Fsp3) is 0.176. The number of amides is 1. The van der Waals surface area contributed by atoms with Crippen molar-refractivity contribution in [1.29, 1.82) is 0 Å². The average molecular weight is 325 g/mol. The third kappa shape index (κ3) is 3.81. The number of rotatable bonds is 5. The van der Waals surface area contributed by atoms with Crippen molar-refractivity contribution in [3.63, 3.8) is 0 Å². The standard InChI is InChI=1S/C17H16FN5O/c1-11(20-15(24)9-12-4-6-14(18)7-5-12)16-21-17(23-22-16)13-3-2-8-19-10-13/h2-8,10-11H,9H2,1H3,(H,20,24)(H,21,22,23). The van der Waals surface area contributed by atoms with Crippen molar-refractivity contribution in [3.8, 4) is 11.4 Å². The largest absolute Gasteiger partial charge is 0.346 e. The van der Waals surface area contributed by atoms with Crippen molar-refractivity contribution in [2.45, 2.75) is 19.4 Å². The molecule has 2 aromatic heterocycles. The molecule has 1 atom stereocenters. The Balaban J connectivity index is 1.62. The number of hydrogen-bond acceptors (Lipinski definition) is 4. The Morgan fingerprint density at radius 3 is 2.79 bits per heavy atom. The van der Waals surface area contributed by atoms with Gasteiger partial charge >= 0.3 is 0 Å². The molecule has 0 aliphatic carbocycles. The number of benzene rings is 1. The maximum atomic E-state index is 12.9. The van der Waals surface area contributed by atoms with Crippen molar-refractivity contribution in [2.75, 3.05) is 0 Å². The fourth-order valence-electron chi connectivity index (χ4n) is 2.24. The summed E-state index contributed by atoms with van der Waals surface area (Å²) in [5, 5.41) is 9.81. The summed E-state index contributed by atoms with van der Waals surface area (Å²) in [7, 11) is 0. The lowest BCUT2D eigenvalue weighted by molar-refractivity contribution is -0.121. The van der Waals surface area contributed by atoms with E-state index in [1.807, 2.05) is 13.0 Å². The van der Waals surface area contributed by atoms with Crippen LogP contribution in [0.15, 0.2) is 48.8 Å². The Morgan fingerprint density at radius 1 is 1.29 bits per heavy atom. The maximum Gasteiger partial charge on any atom is 0.224 e. The molecule has 122 valence electrons. The second-order valence-corrected chi connectivity index (χ2v) is 5.38. The Labute approximate surface area is 138 Å². The molecule has 0 aliphatic heterocycles. The lowest BCUT2D eigenvalue weighted by Gasteiger charge is -2.11. The highest BCUT2D eigenvalue weighted by Crippen LogP contribution is 2.15. The highest BCUT2D eigenvalue weighted by atomic mass is 19.1. The molecule has 1 amide bonds. The molecule has 0 saturated heterocycles. The number of aromatic nitrogens is 4. The first-order valence-electron chi connectivity index (χ1n) is 7.48. The minimum absolute atomic E-state index is 0.173. The molecule has 6 nitrogen and oxygen atoms in total. The highest BCUT2D eigenvalue weighted by Gasteiger charge is 2.15. The van der Waals surface area contributed by atoms with Gasteiger partial charge in [-0.15, -0.1) is 0 Å². The molecule has 2 N–H and O–H groups in total. The van der Waals surface area contributed by atoms with Gasteiger partial charge in [-0.25, -0.2) is 9.37 Å². The Morgan fingerprint density at radius 2 is 2.08 bits per heavy atom. The van der Waals surface area contributed by atoms with Crippen LogP contribution in [-0.2, 0) is 11.2 Å². The van der Waals surface area contributed by atoms with Crippen molar-refractivity contribution < 1.29 is 9.18 Å². The van der Waals surface area contributed by atoms with E-state index in [2.05, 4.69) is 25.5 Å². The van der Waals surface area contributed by atoms with Crippen molar-refractivity contribution in [2.24, 2.45) is 0 Å². The van der Waals surface area contributed by atoms with Crippen LogP contribution in [0.4, 0.5) is 4.39 Å². The molecular weight excluding hydrogens is 309 g/mol. The minimum atomic E-state index is -0.323. The van der Waals surface area contributed by atoms with Gasteiger partial charge in [0.2, 0.25) is 5.91 Å². The quantitative estimate of drug-likeness (QED) is 0.754. The third-order valence-electron chi connectivity index (χ3n) is 3.49. The zero-order chi connectivity index (χ0) is 16.9. The van der Waals surface area contributed by atoms with E-state index in [-0.39, 0.29) is 24.2 Å². The number of nitrogens with zero attached hydrogens (tertiary/aromatic N) is 3. The molecule has 0 bridgehead atoms. The molecule has 3 aromatic rings. The minimum Gasteiger partial charge on any atom is -0.346 e. The van der Waals surface area contributed by atoms with Crippen LogP contribution in [-0.4, -0.2) is 26.1 Å². The molecule has 7 heteroatoms. The summed E-state index contributed by atoms with van der Waals surface area (Å²) in [6.07, 6.45) is 3.52. The summed E-state index contributed by atoms with van der Waals surface area (Å²) in [4.78, 5) is 20.5. The van der Waals surface area contributed by atoms with Gasteiger partial charge in [0, 0.05) is 18.0 Å². The fourth-order valence-corrected chi connectivity index (χ4v) is 2.24. The molecule has 0 fully saturated rings. The van der Waals surface area contributed by atoms with Crippen molar-refractivity contribution >= 4 is 5.91 Å². The number of halogens is 1. The van der Waals surface area contributed by atoms with E-state index in [1.54, 1.807) is 30.6 Å². The molecule has 1 aromatic carbocycles. The normalized spacial score (nSPS) is 11.9. The van der Waals surface area contributed by atoms with Crippen LogP contribution in [0.1, 0.15) is 24.4 Å². The number of carbonyl (C=O) groups excluding carboxylic acids is 1. The first-order chi connectivity index (χ1) is 11.6. The molecule has 0 spiro atoms. The Hall–Kier alpha value is -3.09. The number of hydrogen-bond donors (Lipinski definition) is 2. The second kappa shape index (κ2) is 6.99. The monoisotopic (exact) mass is 325 g/mol. The van der Waals surface area contributed by atoms with Crippen LogP contribution in [0.5, 0.6) is 0 Å². The van der Waals surface area contributed by atoms with Gasteiger partial charge in [-0.2, -0.15) is 5.10 Å². The summed E-state index contributed by atoms with van der Waals surface area (Å²) in [6.45, 7) is 1.82.